The summed E-state index contributed by atoms with van der Waals surface area (Å²) in [5, 5.41) is 12.4. The van der Waals surface area contributed by atoms with E-state index in [9.17, 15) is 18.0 Å². The fourth-order valence-corrected chi connectivity index (χ4v) is 3.67. The number of alkyl halides is 3. The quantitative estimate of drug-likeness (QED) is 0.448. The maximum atomic E-state index is 12.9. The van der Waals surface area contributed by atoms with E-state index in [0.717, 1.165) is 44.1 Å². The lowest BCUT2D eigenvalue weighted by Gasteiger charge is -2.22. The molecule has 0 unspecified atom stereocenters. The van der Waals surface area contributed by atoms with Crippen LogP contribution in [0.3, 0.4) is 0 Å². The van der Waals surface area contributed by atoms with Gasteiger partial charge in [-0.2, -0.15) is 17.6 Å². The van der Waals surface area contributed by atoms with E-state index in [1.165, 1.54) is 4.90 Å². The lowest BCUT2D eigenvalue weighted by Crippen LogP contribution is -3.12. The minimum absolute atomic E-state index is 0.274. The fourth-order valence-electron chi connectivity index (χ4n) is 3.32. The zero-order valence-corrected chi connectivity index (χ0v) is 19.1. The Morgan fingerprint density at radius 1 is 1.15 bits per heavy atom. The number of carbonyl (C=O) groups is 2. The molecule has 0 atom stereocenters. The number of amides is 1. The molecule has 1 saturated heterocycles. The first-order chi connectivity index (χ1) is 16.1. The minimum atomic E-state index is -5.19. The monoisotopic (exact) mass is 519 g/mol. The Bertz CT molecular complexity index is 1180. The van der Waals surface area contributed by atoms with Gasteiger partial charge in [-0.25, -0.2) is 4.98 Å². The molecule has 182 valence electrons. The van der Waals surface area contributed by atoms with Crippen molar-refractivity contribution in [1.82, 2.24) is 4.98 Å². The second-order valence-corrected chi connectivity index (χ2v) is 8.07. The molecule has 3 N–H and O–H groups in total. The topological polar surface area (TPSA) is 103 Å². The summed E-state index contributed by atoms with van der Waals surface area (Å²) in [7, 11) is 0. The number of nitrogens with zero attached hydrogens (tertiary/aromatic N) is 1. The summed E-state index contributed by atoms with van der Waals surface area (Å²) in [5.41, 5.74) is 2.49. The Hall–Kier alpha value is -2.86. The summed E-state index contributed by atoms with van der Waals surface area (Å²) >= 11 is 12.2. The average molecular weight is 520 g/mol. The molecule has 2 aromatic heterocycles. The number of pyridine rings is 1. The predicted molar refractivity (Wildman–Crippen MR) is 115 cm³/mol. The van der Waals surface area contributed by atoms with Crippen LogP contribution in [0.5, 0.6) is 0 Å². The van der Waals surface area contributed by atoms with Crippen LogP contribution >= 0.6 is 23.2 Å². The van der Waals surface area contributed by atoms with E-state index in [1.807, 2.05) is 28.8 Å². The van der Waals surface area contributed by atoms with Crippen molar-refractivity contribution in [2.24, 2.45) is 0 Å². The highest BCUT2D eigenvalue weighted by Gasteiger charge is 2.29. The molecular weight excluding hydrogens is 500 g/mol. The zero-order valence-electron chi connectivity index (χ0n) is 17.5. The van der Waals surface area contributed by atoms with E-state index in [1.54, 1.807) is 18.2 Å². The van der Waals surface area contributed by atoms with Gasteiger partial charge in [-0.3, -0.25) is 4.79 Å². The number of halogens is 5. The number of quaternary nitrogens is 1. The molecule has 1 fully saturated rings. The number of imidazole rings is 1. The van der Waals surface area contributed by atoms with Gasteiger partial charge in [0.2, 0.25) is 5.69 Å². The van der Waals surface area contributed by atoms with Crippen LogP contribution in [0.1, 0.15) is 16.3 Å². The third-order valence-electron chi connectivity index (χ3n) is 4.95. The highest BCUT2D eigenvalue weighted by Crippen LogP contribution is 2.29. The van der Waals surface area contributed by atoms with Crippen LogP contribution in [-0.2, 0) is 16.1 Å². The lowest BCUT2D eigenvalue weighted by molar-refractivity contribution is -0.921. The van der Waals surface area contributed by atoms with Gasteiger partial charge in [-0.05, 0) is 24.3 Å². The van der Waals surface area contributed by atoms with Crippen molar-refractivity contribution in [2.45, 2.75) is 12.7 Å². The summed E-state index contributed by atoms with van der Waals surface area (Å²) in [6.07, 6.45) is -3.32. The van der Waals surface area contributed by atoms with Crippen molar-refractivity contribution in [3.63, 3.8) is 0 Å². The number of rotatable bonds is 4. The zero-order chi connectivity index (χ0) is 24.9. The summed E-state index contributed by atoms with van der Waals surface area (Å²) in [6.45, 7) is 4.25. The van der Waals surface area contributed by atoms with Gasteiger partial charge in [0, 0.05) is 0 Å². The third kappa shape index (κ3) is 6.38. The molecule has 0 spiro atoms. The fraction of sp³-hybridized carbons (Fsp3) is 0.286. The van der Waals surface area contributed by atoms with Crippen LogP contribution in [0.15, 0.2) is 42.6 Å². The number of morpholine rings is 1. The largest absolute Gasteiger partial charge is 0.542 e. The lowest BCUT2D eigenvalue weighted by atomic mass is 10.3. The number of carbonyl (C=O) groups excluding carboxylic acids is 2. The van der Waals surface area contributed by atoms with Crippen molar-refractivity contribution in [1.29, 1.82) is 0 Å². The van der Waals surface area contributed by atoms with Crippen LogP contribution in [0.2, 0.25) is 10.0 Å². The number of carboxylic acid groups (broad SMARTS) is 1. The normalized spacial score (nSPS) is 14.4. The summed E-state index contributed by atoms with van der Waals surface area (Å²) in [5.74, 6) is -2.83. The number of nitrogens with one attached hydrogen (secondary N) is 3. The molecule has 3 aromatic rings. The van der Waals surface area contributed by atoms with Gasteiger partial charge in [-0.15, -0.1) is 0 Å². The molecule has 13 heteroatoms. The summed E-state index contributed by atoms with van der Waals surface area (Å²) < 4.78 is 38.8. The van der Waals surface area contributed by atoms with Crippen molar-refractivity contribution < 1.29 is 41.9 Å². The molecule has 4 rings (SSSR count). The van der Waals surface area contributed by atoms with Crippen molar-refractivity contribution in [2.75, 3.05) is 31.6 Å². The van der Waals surface area contributed by atoms with Crippen LogP contribution in [0.25, 0.3) is 5.52 Å². The Kier molecular flexibility index (Phi) is 8.37. The van der Waals surface area contributed by atoms with E-state index in [2.05, 4.69) is 10.3 Å². The maximum Gasteiger partial charge on any atom is 0.430 e. The SMILES string of the molecule is O=C(Nc1cccc(Cl)c1Cl)c1[nH]c(C[NH+]2CCOCC2)c2cccc[n+]12.O=C([O-])C(F)(F)F. The number of fused-ring (bicyclic) bond motifs is 1. The Labute approximate surface area is 201 Å². The number of aromatic nitrogens is 2. The Morgan fingerprint density at radius 3 is 2.47 bits per heavy atom. The van der Waals surface area contributed by atoms with Gasteiger partial charge in [0.25, 0.3) is 0 Å². The summed E-state index contributed by atoms with van der Waals surface area (Å²) in [6, 6.07) is 11.0. The first kappa shape index (κ1) is 25.8. The number of hydrogen-bond acceptors (Lipinski definition) is 4. The van der Waals surface area contributed by atoms with E-state index in [-0.39, 0.29) is 5.91 Å². The van der Waals surface area contributed by atoms with E-state index < -0.39 is 12.1 Å². The van der Waals surface area contributed by atoms with Gasteiger partial charge in [0.05, 0.1) is 35.1 Å². The minimum Gasteiger partial charge on any atom is -0.542 e. The highest BCUT2D eigenvalue weighted by atomic mass is 35.5. The van der Waals surface area contributed by atoms with Crippen molar-refractivity contribution in [3.8, 4) is 0 Å². The number of aliphatic carboxylic acids is 1. The average Bonchev–Trinajstić information content (AvgIpc) is 3.16. The third-order valence-corrected chi connectivity index (χ3v) is 5.77. The molecule has 1 aromatic carbocycles. The molecule has 0 bridgehead atoms. The number of aromatic amines is 1. The maximum absolute atomic E-state index is 12.9. The first-order valence-electron chi connectivity index (χ1n) is 10.0. The molecule has 0 saturated carbocycles. The second-order valence-electron chi connectivity index (χ2n) is 7.29. The number of ether oxygens (including phenoxy) is 1. The van der Waals surface area contributed by atoms with Gasteiger partial charge >= 0.3 is 17.9 Å². The van der Waals surface area contributed by atoms with Crippen LogP contribution < -0.4 is 19.7 Å². The van der Waals surface area contributed by atoms with Gasteiger partial charge in [-0.1, -0.05) is 35.3 Å². The van der Waals surface area contributed by atoms with E-state index in [4.69, 9.17) is 37.8 Å². The molecule has 0 aliphatic carbocycles. The Balaban J connectivity index is 0.000000406. The molecular formula is C21H20Cl2F3N4O4+. The molecule has 1 amide bonds. The van der Waals surface area contributed by atoms with Gasteiger partial charge in [0.1, 0.15) is 25.6 Å². The molecule has 1 aliphatic heterocycles. The molecule has 8 nitrogen and oxygen atoms in total. The van der Waals surface area contributed by atoms with Crippen molar-refractivity contribution >= 4 is 46.3 Å². The highest BCUT2D eigenvalue weighted by molar-refractivity contribution is 6.44. The molecule has 34 heavy (non-hydrogen) atoms. The second kappa shape index (κ2) is 11.0. The van der Waals surface area contributed by atoms with Crippen LogP contribution in [-0.4, -0.2) is 49.3 Å². The van der Waals surface area contributed by atoms with Crippen LogP contribution in [0, 0.1) is 0 Å². The molecule has 3 heterocycles. The van der Waals surface area contributed by atoms with Crippen LogP contribution in [0.4, 0.5) is 18.9 Å². The number of H-pyrrole nitrogens is 1. The Morgan fingerprint density at radius 2 is 1.82 bits per heavy atom. The van der Waals surface area contributed by atoms with Crippen molar-refractivity contribution in [3.05, 3.63) is 64.2 Å². The van der Waals surface area contributed by atoms with Gasteiger partial charge < -0.3 is 24.9 Å². The summed E-state index contributed by atoms with van der Waals surface area (Å²) in [4.78, 5) is 26.4. The molecule has 0 radical (unpaired) electrons. The number of carboxylic acids is 1. The van der Waals surface area contributed by atoms with Gasteiger partial charge in [0.15, 0.2) is 5.52 Å². The smallest absolute Gasteiger partial charge is 0.430 e. The number of benzene rings is 1. The van der Waals surface area contributed by atoms with E-state index in [0.29, 0.717) is 21.6 Å². The van der Waals surface area contributed by atoms with E-state index >= 15 is 0 Å². The standard InChI is InChI=1S/C19H18Cl2N4O2.C2HF3O2/c20-13-4-3-5-14(17(13)21)23-19(26)18-22-15(12-24-8-10-27-11-9-24)16-6-1-2-7-25(16)18;3-2(4,5)1(6)7/h1-7H,8-12H2,(H,23,26);(H,6,7)/p+1. The number of anilines is 1. The first-order valence-corrected chi connectivity index (χ1v) is 10.8. The number of hydrogen-bond donors (Lipinski definition) is 3. The predicted octanol–water partition coefficient (Wildman–Crippen LogP) is 1.03. The molecule has 1 aliphatic rings.